The van der Waals surface area contributed by atoms with E-state index in [0.717, 1.165) is 11.0 Å². The second kappa shape index (κ2) is 13.1. The topological polar surface area (TPSA) is 126 Å². The van der Waals surface area contributed by atoms with Gasteiger partial charge in [-0.25, -0.2) is 10.3 Å². The van der Waals surface area contributed by atoms with Crippen molar-refractivity contribution in [1.29, 1.82) is 0 Å². The molecule has 0 aliphatic carbocycles. The van der Waals surface area contributed by atoms with Gasteiger partial charge in [0.2, 0.25) is 0 Å². The molecule has 36 heavy (non-hydrogen) atoms. The number of para-hydroxylation sites is 1. The Labute approximate surface area is 212 Å². The van der Waals surface area contributed by atoms with Crippen molar-refractivity contribution in [2.75, 3.05) is 18.7 Å². The number of hydroxylamine groups is 1. The van der Waals surface area contributed by atoms with Crippen LogP contribution in [0.15, 0.2) is 89.8 Å². The lowest BCUT2D eigenvalue weighted by Crippen LogP contribution is -2.30. The summed E-state index contributed by atoms with van der Waals surface area (Å²) in [5.74, 6) is -0.305. The molecular formula is C26H26N2O7S. The second-order valence-electron chi connectivity index (χ2n) is 7.34. The third-order valence-corrected chi connectivity index (χ3v) is 5.71. The van der Waals surface area contributed by atoms with Gasteiger partial charge in [-0.1, -0.05) is 24.3 Å². The van der Waals surface area contributed by atoms with Crippen molar-refractivity contribution >= 4 is 29.4 Å². The predicted molar refractivity (Wildman–Crippen MR) is 136 cm³/mol. The highest BCUT2D eigenvalue weighted by atomic mass is 32.2. The Morgan fingerprint density at radius 2 is 1.75 bits per heavy atom. The minimum atomic E-state index is -1.12. The van der Waals surface area contributed by atoms with Crippen molar-refractivity contribution < 1.29 is 34.1 Å². The second-order valence-corrected chi connectivity index (χ2v) is 8.22. The Morgan fingerprint density at radius 1 is 1.03 bits per heavy atom. The molecule has 0 aliphatic rings. The number of methoxy groups -OCH3 is 1. The Morgan fingerprint density at radius 3 is 2.36 bits per heavy atom. The molecule has 10 heteroatoms. The van der Waals surface area contributed by atoms with Crippen molar-refractivity contribution in [2.45, 2.75) is 17.1 Å². The molecule has 0 radical (unpaired) electrons. The van der Waals surface area contributed by atoms with E-state index in [1.54, 1.807) is 54.2 Å². The molecule has 0 saturated heterocycles. The van der Waals surface area contributed by atoms with Crippen LogP contribution in [-0.4, -0.2) is 41.8 Å². The fraction of sp³-hybridized carbons (Fsp3) is 0.154. The van der Waals surface area contributed by atoms with Crippen LogP contribution in [0.4, 0.5) is 10.5 Å². The first-order valence-corrected chi connectivity index (χ1v) is 12.0. The van der Waals surface area contributed by atoms with E-state index in [9.17, 15) is 14.7 Å². The zero-order chi connectivity index (χ0) is 25.9. The van der Waals surface area contributed by atoms with Crippen molar-refractivity contribution in [3.63, 3.8) is 0 Å². The quantitative estimate of drug-likeness (QED) is 0.131. The highest BCUT2D eigenvalue weighted by molar-refractivity contribution is 7.98. The standard InChI is InChI=1S/C26H26N2O7S/c1-33-22-13-8-17(16-21(22)29)25(35-26(31)27-18-9-11-20(36-2)12-10-18)23(14-15-24(30)28-32)34-19-6-4-3-5-7-19/h3-16,23,25,29,32H,1-2H3,(H,27,31)(H,28,30)/b15-14+/t23-,25-/m0/s1. The summed E-state index contributed by atoms with van der Waals surface area (Å²) in [5.41, 5.74) is 2.40. The van der Waals surface area contributed by atoms with Crippen LogP contribution in [0, 0.1) is 0 Å². The van der Waals surface area contributed by atoms with Crippen molar-refractivity contribution in [2.24, 2.45) is 0 Å². The summed E-state index contributed by atoms with van der Waals surface area (Å²) in [6.07, 6.45) is 1.41. The minimum absolute atomic E-state index is 0.174. The van der Waals surface area contributed by atoms with Gasteiger partial charge in [-0.3, -0.25) is 15.3 Å². The number of phenolic OH excluding ortho intramolecular Hbond substituents is 1. The smallest absolute Gasteiger partial charge is 0.412 e. The molecule has 188 valence electrons. The summed E-state index contributed by atoms with van der Waals surface area (Å²) in [6.45, 7) is 0. The third-order valence-electron chi connectivity index (χ3n) is 4.96. The average molecular weight is 511 g/mol. The van der Waals surface area contributed by atoms with Gasteiger partial charge < -0.3 is 19.3 Å². The Hall–Kier alpha value is -4.15. The molecule has 0 saturated carbocycles. The van der Waals surface area contributed by atoms with Gasteiger partial charge in [0.05, 0.1) is 7.11 Å². The Kier molecular flexibility index (Phi) is 9.61. The number of thioether (sulfide) groups is 1. The number of phenols is 1. The van der Waals surface area contributed by atoms with Gasteiger partial charge in [-0.15, -0.1) is 11.8 Å². The van der Waals surface area contributed by atoms with Crippen LogP contribution >= 0.6 is 11.8 Å². The van der Waals surface area contributed by atoms with E-state index < -0.39 is 24.2 Å². The van der Waals surface area contributed by atoms with Gasteiger partial charge in [0.1, 0.15) is 5.75 Å². The summed E-state index contributed by atoms with van der Waals surface area (Å²) in [5, 5.41) is 21.9. The molecule has 3 rings (SSSR count). The molecule has 0 aromatic heterocycles. The molecule has 9 nitrogen and oxygen atoms in total. The molecule has 0 unspecified atom stereocenters. The van der Waals surface area contributed by atoms with Crippen molar-refractivity contribution in [3.05, 3.63) is 90.5 Å². The molecule has 0 spiro atoms. The molecule has 3 aromatic rings. The molecular weight excluding hydrogens is 484 g/mol. The number of benzene rings is 3. The summed E-state index contributed by atoms with van der Waals surface area (Å²) >= 11 is 1.57. The van der Waals surface area contributed by atoms with E-state index >= 15 is 0 Å². The van der Waals surface area contributed by atoms with Gasteiger partial charge in [0, 0.05) is 22.2 Å². The van der Waals surface area contributed by atoms with E-state index in [-0.39, 0.29) is 11.5 Å². The molecule has 0 aliphatic heterocycles. The first-order valence-electron chi connectivity index (χ1n) is 10.8. The monoisotopic (exact) mass is 510 g/mol. The SMILES string of the molecule is COc1ccc([C@H](OC(=O)Nc2ccc(SC)cc2)[C@H](/C=C/C(=O)NO)Oc2ccccc2)cc1O. The number of carbonyl (C=O) groups excluding carboxylic acids is 2. The predicted octanol–water partition coefficient (Wildman–Crippen LogP) is 4.92. The van der Waals surface area contributed by atoms with Gasteiger partial charge in [0.15, 0.2) is 23.7 Å². The van der Waals surface area contributed by atoms with Gasteiger partial charge >= 0.3 is 6.09 Å². The largest absolute Gasteiger partial charge is 0.504 e. The maximum absolute atomic E-state index is 12.9. The number of rotatable bonds is 10. The third kappa shape index (κ3) is 7.42. The van der Waals surface area contributed by atoms with E-state index in [2.05, 4.69) is 5.32 Å². The average Bonchev–Trinajstić information content (AvgIpc) is 2.90. The summed E-state index contributed by atoms with van der Waals surface area (Å²) < 4.78 is 16.9. The highest BCUT2D eigenvalue weighted by Gasteiger charge is 2.29. The van der Waals surface area contributed by atoms with Gasteiger partial charge in [0.25, 0.3) is 5.91 Å². The lowest BCUT2D eigenvalue weighted by molar-refractivity contribution is -0.124. The van der Waals surface area contributed by atoms with E-state index in [1.165, 1.54) is 30.8 Å². The van der Waals surface area contributed by atoms with Gasteiger partial charge in [-0.05, 0) is 60.9 Å². The van der Waals surface area contributed by atoms with Crippen LogP contribution < -0.4 is 20.3 Å². The first-order chi connectivity index (χ1) is 17.4. The van der Waals surface area contributed by atoms with Gasteiger partial charge in [-0.2, -0.15) is 0 Å². The van der Waals surface area contributed by atoms with Crippen LogP contribution in [-0.2, 0) is 9.53 Å². The number of aromatic hydroxyl groups is 1. The normalized spacial score (nSPS) is 12.4. The Balaban J connectivity index is 1.95. The maximum atomic E-state index is 12.9. The minimum Gasteiger partial charge on any atom is -0.504 e. The number of hydrogen-bond acceptors (Lipinski definition) is 8. The molecule has 2 amide bonds. The van der Waals surface area contributed by atoms with Crippen LogP contribution in [0.1, 0.15) is 11.7 Å². The number of anilines is 1. The fourth-order valence-corrected chi connectivity index (χ4v) is 3.63. The van der Waals surface area contributed by atoms with E-state index in [1.807, 2.05) is 24.5 Å². The summed E-state index contributed by atoms with van der Waals surface area (Å²) in [7, 11) is 1.41. The fourth-order valence-electron chi connectivity index (χ4n) is 3.22. The molecule has 0 fully saturated rings. The molecule has 0 heterocycles. The number of amides is 2. The summed E-state index contributed by atoms with van der Waals surface area (Å²) in [6, 6.07) is 20.4. The molecule has 4 N–H and O–H groups in total. The van der Waals surface area contributed by atoms with Crippen LogP contribution in [0.2, 0.25) is 0 Å². The van der Waals surface area contributed by atoms with Crippen LogP contribution in [0.3, 0.4) is 0 Å². The van der Waals surface area contributed by atoms with Crippen LogP contribution in [0.25, 0.3) is 0 Å². The number of nitrogens with one attached hydrogen (secondary N) is 2. The molecule has 3 aromatic carbocycles. The molecule has 0 bridgehead atoms. The van der Waals surface area contributed by atoms with E-state index in [4.69, 9.17) is 19.4 Å². The zero-order valence-electron chi connectivity index (χ0n) is 19.6. The van der Waals surface area contributed by atoms with Crippen LogP contribution in [0.5, 0.6) is 17.2 Å². The number of carbonyl (C=O) groups is 2. The lowest BCUT2D eigenvalue weighted by Gasteiger charge is -2.26. The summed E-state index contributed by atoms with van der Waals surface area (Å²) in [4.78, 5) is 25.6. The maximum Gasteiger partial charge on any atom is 0.412 e. The number of ether oxygens (including phenoxy) is 3. The number of hydrogen-bond donors (Lipinski definition) is 4. The molecule has 2 atom stereocenters. The first kappa shape index (κ1) is 26.5. The Bertz CT molecular complexity index is 1190. The van der Waals surface area contributed by atoms with Crippen molar-refractivity contribution in [3.8, 4) is 17.2 Å². The van der Waals surface area contributed by atoms with Crippen molar-refractivity contribution in [1.82, 2.24) is 5.48 Å². The zero-order valence-corrected chi connectivity index (χ0v) is 20.4. The highest BCUT2D eigenvalue weighted by Crippen LogP contribution is 2.33. The van der Waals surface area contributed by atoms with E-state index in [0.29, 0.717) is 17.0 Å². The lowest BCUT2D eigenvalue weighted by atomic mass is 10.0.